The van der Waals surface area contributed by atoms with Gasteiger partial charge in [-0.2, -0.15) is 9.40 Å². The lowest BCUT2D eigenvalue weighted by atomic mass is 10.1. The zero-order valence-corrected chi connectivity index (χ0v) is 16.4. The van der Waals surface area contributed by atoms with Crippen molar-refractivity contribution < 1.29 is 8.42 Å². The molecule has 1 fully saturated rings. The van der Waals surface area contributed by atoms with Crippen molar-refractivity contribution in [1.82, 2.24) is 14.1 Å². The summed E-state index contributed by atoms with van der Waals surface area (Å²) >= 11 is 0. The average molecular weight is 362 g/mol. The van der Waals surface area contributed by atoms with Gasteiger partial charge in [0.05, 0.1) is 11.4 Å². The van der Waals surface area contributed by atoms with Gasteiger partial charge in [0.2, 0.25) is 10.0 Å². The lowest BCUT2D eigenvalue weighted by Crippen LogP contribution is -2.49. The standard InChI is InChI=1S/C18H26N4O2S/c1-13-6-7-14(2)17(12-13)21-8-10-22(11-9-21)25(23,24)18-15(3)19-20(5)16(18)4/h6-7,12H,8-11H2,1-5H3. The highest BCUT2D eigenvalue weighted by Gasteiger charge is 2.33. The molecule has 6 nitrogen and oxygen atoms in total. The molecular weight excluding hydrogens is 336 g/mol. The van der Waals surface area contributed by atoms with Gasteiger partial charge in [-0.1, -0.05) is 12.1 Å². The van der Waals surface area contributed by atoms with Crippen molar-refractivity contribution in [2.24, 2.45) is 7.05 Å². The quantitative estimate of drug-likeness (QED) is 0.840. The predicted molar refractivity (Wildman–Crippen MR) is 99.6 cm³/mol. The van der Waals surface area contributed by atoms with Crippen LogP contribution in [0.2, 0.25) is 0 Å². The maximum Gasteiger partial charge on any atom is 0.246 e. The van der Waals surface area contributed by atoms with Gasteiger partial charge in [-0.3, -0.25) is 4.68 Å². The summed E-state index contributed by atoms with van der Waals surface area (Å²) in [7, 11) is -1.73. The van der Waals surface area contributed by atoms with Crippen LogP contribution in [0.25, 0.3) is 0 Å². The summed E-state index contributed by atoms with van der Waals surface area (Å²) < 4.78 is 29.3. The van der Waals surface area contributed by atoms with Crippen molar-refractivity contribution in [2.75, 3.05) is 31.1 Å². The van der Waals surface area contributed by atoms with E-state index in [-0.39, 0.29) is 0 Å². The van der Waals surface area contributed by atoms with Gasteiger partial charge in [-0.15, -0.1) is 0 Å². The number of aromatic nitrogens is 2. The number of nitrogens with zero attached hydrogens (tertiary/aromatic N) is 4. The van der Waals surface area contributed by atoms with E-state index in [1.54, 1.807) is 29.9 Å². The Morgan fingerprint density at radius 1 is 1.00 bits per heavy atom. The predicted octanol–water partition coefficient (Wildman–Crippen LogP) is 2.16. The Morgan fingerprint density at radius 3 is 2.20 bits per heavy atom. The Balaban J connectivity index is 1.81. The molecule has 3 rings (SSSR count). The summed E-state index contributed by atoms with van der Waals surface area (Å²) in [6, 6.07) is 6.40. The van der Waals surface area contributed by atoms with Gasteiger partial charge in [-0.05, 0) is 44.9 Å². The van der Waals surface area contributed by atoms with Crippen molar-refractivity contribution in [3.05, 3.63) is 40.7 Å². The second-order valence-corrected chi connectivity index (χ2v) is 8.68. The topological polar surface area (TPSA) is 58.4 Å². The minimum Gasteiger partial charge on any atom is -0.369 e. The summed E-state index contributed by atoms with van der Waals surface area (Å²) in [4.78, 5) is 2.63. The molecule has 0 radical (unpaired) electrons. The lowest BCUT2D eigenvalue weighted by Gasteiger charge is -2.36. The van der Waals surface area contributed by atoms with Crippen molar-refractivity contribution in [2.45, 2.75) is 32.6 Å². The first-order valence-corrected chi connectivity index (χ1v) is 9.98. The number of hydrogen-bond acceptors (Lipinski definition) is 4. The second kappa shape index (κ2) is 6.46. The number of aryl methyl sites for hydroxylation is 4. The van der Waals surface area contributed by atoms with E-state index in [9.17, 15) is 8.42 Å². The number of anilines is 1. The molecule has 1 aromatic carbocycles. The van der Waals surface area contributed by atoms with Crippen LogP contribution in [0.4, 0.5) is 5.69 Å². The Morgan fingerprint density at radius 2 is 1.64 bits per heavy atom. The minimum absolute atomic E-state index is 0.357. The largest absolute Gasteiger partial charge is 0.369 e. The van der Waals surface area contributed by atoms with Gasteiger partial charge in [0.15, 0.2) is 0 Å². The molecular formula is C18H26N4O2S. The van der Waals surface area contributed by atoms with Crippen LogP contribution in [0.3, 0.4) is 0 Å². The van der Waals surface area contributed by atoms with Gasteiger partial charge >= 0.3 is 0 Å². The molecule has 1 aliphatic heterocycles. The second-order valence-electron chi connectivity index (χ2n) is 6.80. The molecule has 0 bridgehead atoms. The molecule has 2 heterocycles. The van der Waals surface area contributed by atoms with E-state index in [1.807, 2.05) is 0 Å². The van der Waals surface area contributed by atoms with Gasteiger partial charge in [0.25, 0.3) is 0 Å². The van der Waals surface area contributed by atoms with E-state index in [2.05, 4.69) is 42.0 Å². The van der Waals surface area contributed by atoms with Gasteiger partial charge in [0.1, 0.15) is 4.90 Å². The maximum absolute atomic E-state index is 13.1. The minimum atomic E-state index is -3.50. The van der Waals surface area contributed by atoms with Crippen molar-refractivity contribution in [3.8, 4) is 0 Å². The van der Waals surface area contributed by atoms with Crippen LogP contribution in [0.15, 0.2) is 23.1 Å². The summed E-state index contributed by atoms with van der Waals surface area (Å²) in [6.45, 7) is 10.1. The molecule has 25 heavy (non-hydrogen) atoms. The van der Waals surface area contributed by atoms with Crippen LogP contribution < -0.4 is 4.90 Å². The normalized spacial score (nSPS) is 16.4. The van der Waals surface area contributed by atoms with E-state index >= 15 is 0 Å². The van der Waals surface area contributed by atoms with Crippen molar-refractivity contribution >= 4 is 15.7 Å². The number of piperazine rings is 1. The Kier molecular flexibility index (Phi) is 4.64. The molecule has 1 aliphatic rings. The fourth-order valence-electron chi connectivity index (χ4n) is 3.49. The van der Waals surface area contributed by atoms with Crippen LogP contribution in [0, 0.1) is 27.7 Å². The first-order chi connectivity index (χ1) is 11.7. The zero-order valence-electron chi connectivity index (χ0n) is 15.6. The third kappa shape index (κ3) is 3.18. The summed E-state index contributed by atoms with van der Waals surface area (Å²) in [5.41, 5.74) is 4.90. The highest BCUT2D eigenvalue weighted by atomic mass is 32.2. The molecule has 0 spiro atoms. The van der Waals surface area contributed by atoms with Crippen LogP contribution in [0.1, 0.15) is 22.5 Å². The summed E-state index contributed by atoms with van der Waals surface area (Å²) in [5, 5.41) is 4.26. The van der Waals surface area contributed by atoms with E-state index in [4.69, 9.17) is 0 Å². The lowest BCUT2D eigenvalue weighted by molar-refractivity contribution is 0.384. The highest BCUT2D eigenvalue weighted by molar-refractivity contribution is 7.89. The van der Waals surface area contributed by atoms with Crippen molar-refractivity contribution in [3.63, 3.8) is 0 Å². The molecule has 7 heteroatoms. The molecule has 0 aliphatic carbocycles. The van der Waals surface area contributed by atoms with Gasteiger partial charge in [-0.25, -0.2) is 8.42 Å². The first kappa shape index (κ1) is 17.9. The van der Waals surface area contributed by atoms with Crippen LogP contribution in [-0.4, -0.2) is 48.7 Å². The van der Waals surface area contributed by atoms with Crippen molar-refractivity contribution in [1.29, 1.82) is 0 Å². The number of rotatable bonds is 3. The third-order valence-electron chi connectivity index (χ3n) is 4.98. The van der Waals surface area contributed by atoms with Crippen LogP contribution in [-0.2, 0) is 17.1 Å². The van der Waals surface area contributed by atoms with Gasteiger partial charge < -0.3 is 4.90 Å². The summed E-state index contributed by atoms with van der Waals surface area (Å²) in [6.07, 6.45) is 0. The van der Waals surface area contributed by atoms with Crippen LogP contribution in [0.5, 0.6) is 0 Å². The first-order valence-electron chi connectivity index (χ1n) is 8.54. The monoisotopic (exact) mass is 362 g/mol. The van der Waals surface area contributed by atoms with E-state index in [0.717, 1.165) is 0 Å². The number of benzene rings is 1. The molecule has 2 aromatic rings. The van der Waals surface area contributed by atoms with Gasteiger partial charge in [0, 0.05) is 38.9 Å². The maximum atomic E-state index is 13.1. The van der Waals surface area contributed by atoms with Crippen LogP contribution >= 0.6 is 0 Å². The Labute approximate surface area is 150 Å². The molecule has 0 atom stereocenters. The SMILES string of the molecule is Cc1ccc(C)c(N2CCN(S(=O)(=O)c3c(C)nn(C)c3C)CC2)c1. The molecule has 0 saturated carbocycles. The zero-order chi connectivity index (χ0) is 18.4. The fourth-order valence-corrected chi connectivity index (χ4v) is 5.31. The number of sulfonamides is 1. The van der Waals surface area contributed by atoms with E-state index in [1.165, 1.54) is 16.8 Å². The molecule has 136 valence electrons. The molecule has 0 unspecified atom stereocenters. The molecule has 1 saturated heterocycles. The molecule has 0 amide bonds. The molecule has 1 aromatic heterocycles. The smallest absolute Gasteiger partial charge is 0.246 e. The number of hydrogen-bond donors (Lipinski definition) is 0. The molecule has 0 N–H and O–H groups in total. The third-order valence-corrected chi connectivity index (χ3v) is 7.14. The fraction of sp³-hybridized carbons (Fsp3) is 0.500. The highest BCUT2D eigenvalue weighted by Crippen LogP contribution is 2.27. The Bertz CT molecular complexity index is 894. The Hall–Kier alpha value is -1.86. The average Bonchev–Trinajstić information content (AvgIpc) is 2.83. The van der Waals surface area contributed by atoms with E-state index in [0.29, 0.717) is 42.5 Å². The summed E-state index contributed by atoms with van der Waals surface area (Å²) in [5.74, 6) is 0. The van der Waals surface area contributed by atoms with E-state index < -0.39 is 10.0 Å².